The second kappa shape index (κ2) is 9.17. The fourth-order valence-corrected chi connectivity index (χ4v) is 2.74. The van der Waals surface area contributed by atoms with Crippen LogP contribution in [0.5, 0.6) is 0 Å². The van der Waals surface area contributed by atoms with E-state index in [-0.39, 0.29) is 0 Å². The fraction of sp³-hybridized carbons (Fsp3) is 0.824. The minimum absolute atomic E-state index is 0.576. The van der Waals surface area contributed by atoms with E-state index in [0.29, 0.717) is 6.04 Å². The third-order valence-electron chi connectivity index (χ3n) is 3.94. The van der Waals surface area contributed by atoms with Gasteiger partial charge in [-0.1, -0.05) is 45.4 Å². The Morgan fingerprint density at radius 1 is 1.00 bits per heavy atom. The van der Waals surface area contributed by atoms with E-state index in [9.17, 15) is 0 Å². The quantitative estimate of drug-likeness (QED) is 0.429. The van der Waals surface area contributed by atoms with E-state index >= 15 is 0 Å². The second-order valence-corrected chi connectivity index (χ2v) is 5.87. The van der Waals surface area contributed by atoms with Crippen molar-refractivity contribution in [3.63, 3.8) is 0 Å². The van der Waals surface area contributed by atoms with E-state index in [0.717, 1.165) is 6.54 Å². The van der Waals surface area contributed by atoms with Crippen LogP contribution in [0.25, 0.3) is 0 Å². The van der Waals surface area contributed by atoms with Crippen LogP contribution in [0.1, 0.15) is 84.5 Å². The van der Waals surface area contributed by atoms with Crippen molar-refractivity contribution in [3.8, 4) is 0 Å². The Labute approximate surface area is 119 Å². The molecule has 0 amide bonds. The molecule has 0 saturated carbocycles. The first-order valence-electron chi connectivity index (χ1n) is 8.29. The third-order valence-corrected chi connectivity index (χ3v) is 3.94. The lowest BCUT2D eigenvalue weighted by molar-refractivity contribution is -0.700. The van der Waals surface area contributed by atoms with Gasteiger partial charge in [0.15, 0.2) is 0 Å². The summed E-state index contributed by atoms with van der Waals surface area (Å²) in [6.07, 6.45) is 15.4. The van der Waals surface area contributed by atoms with Crippen molar-refractivity contribution in [2.75, 3.05) is 0 Å². The molecule has 0 spiro atoms. The van der Waals surface area contributed by atoms with Crippen molar-refractivity contribution >= 4 is 0 Å². The summed E-state index contributed by atoms with van der Waals surface area (Å²) in [5.41, 5.74) is 0. The van der Waals surface area contributed by atoms with Crippen molar-refractivity contribution in [3.05, 3.63) is 18.2 Å². The second-order valence-electron chi connectivity index (χ2n) is 5.87. The molecule has 0 atom stereocenters. The van der Waals surface area contributed by atoms with Gasteiger partial charge in [0.1, 0.15) is 12.4 Å². The van der Waals surface area contributed by atoms with E-state index < -0.39 is 0 Å². The van der Waals surface area contributed by atoms with Gasteiger partial charge >= 0.3 is 0 Å². The van der Waals surface area contributed by atoms with Crippen molar-refractivity contribution in [2.24, 2.45) is 0 Å². The molecule has 0 aliphatic heterocycles. The Balaban J connectivity index is 2.33. The van der Waals surface area contributed by atoms with Gasteiger partial charge in [-0.25, -0.2) is 9.13 Å². The summed E-state index contributed by atoms with van der Waals surface area (Å²) in [7, 11) is 0. The molecule has 1 rings (SSSR count). The predicted molar refractivity (Wildman–Crippen MR) is 82.4 cm³/mol. The molecule has 2 heteroatoms. The van der Waals surface area contributed by atoms with Crippen LogP contribution in [0.4, 0.5) is 0 Å². The highest BCUT2D eigenvalue weighted by atomic mass is 15.2. The first-order chi connectivity index (χ1) is 9.20. The molecule has 0 aromatic carbocycles. The standard InChI is InChI=1S/C17H33N2/c1-5-7-8-9-10-11-12-13-17-18(6-2)14-15-19(17)16(3)4/h14-16H,5-13H2,1-4H3/q+1. The molecule has 0 aliphatic carbocycles. The minimum atomic E-state index is 0.576. The topological polar surface area (TPSA) is 8.81 Å². The van der Waals surface area contributed by atoms with Gasteiger partial charge in [-0.2, -0.15) is 0 Å². The Bertz CT molecular complexity index is 339. The number of aryl methyl sites for hydroxylation is 1. The first-order valence-corrected chi connectivity index (χ1v) is 8.29. The smallest absolute Gasteiger partial charge is 0.235 e. The van der Waals surface area contributed by atoms with E-state index in [1.165, 1.54) is 57.2 Å². The molecule has 0 radical (unpaired) electrons. The van der Waals surface area contributed by atoms with Crippen molar-refractivity contribution in [1.29, 1.82) is 0 Å². The number of unbranched alkanes of at least 4 members (excludes halogenated alkanes) is 6. The monoisotopic (exact) mass is 265 g/mol. The highest BCUT2D eigenvalue weighted by Crippen LogP contribution is 2.12. The van der Waals surface area contributed by atoms with E-state index in [4.69, 9.17) is 0 Å². The Hall–Kier alpha value is -0.790. The summed E-state index contributed by atoms with van der Waals surface area (Å²) in [6.45, 7) is 10.1. The number of aromatic nitrogens is 2. The normalized spacial score (nSPS) is 11.4. The summed E-state index contributed by atoms with van der Waals surface area (Å²) in [4.78, 5) is 0. The fourth-order valence-electron chi connectivity index (χ4n) is 2.74. The van der Waals surface area contributed by atoms with E-state index in [1.54, 1.807) is 0 Å². The molecule has 0 aliphatic rings. The maximum absolute atomic E-state index is 2.43. The van der Waals surface area contributed by atoms with Crippen LogP contribution in [0, 0.1) is 0 Å². The zero-order valence-electron chi connectivity index (χ0n) is 13.5. The summed E-state index contributed by atoms with van der Waals surface area (Å²) >= 11 is 0. The molecule has 19 heavy (non-hydrogen) atoms. The Morgan fingerprint density at radius 3 is 2.21 bits per heavy atom. The zero-order valence-corrected chi connectivity index (χ0v) is 13.5. The highest BCUT2D eigenvalue weighted by molar-refractivity contribution is 4.86. The summed E-state index contributed by atoms with van der Waals surface area (Å²) < 4.78 is 4.83. The summed E-state index contributed by atoms with van der Waals surface area (Å²) in [5, 5.41) is 0. The summed E-state index contributed by atoms with van der Waals surface area (Å²) in [5.74, 6) is 1.51. The predicted octanol–water partition coefficient (Wildman–Crippen LogP) is 4.67. The number of imidazole rings is 1. The molecule has 0 fully saturated rings. The van der Waals surface area contributed by atoms with Gasteiger partial charge in [0.05, 0.1) is 12.6 Å². The maximum atomic E-state index is 2.43. The van der Waals surface area contributed by atoms with Gasteiger partial charge in [-0.3, -0.25) is 0 Å². The van der Waals surface area contributed by atoms with Gasteiger partial charge < -0.3 is 0 Å². The average Bonchev–Trinajstić information content (AvgIpc) is 2.80. The molecular formula is C17H33N2+. The number of hydrogen-bond acceptors (Lipinski definition) is 0. The van der Waals surface area contributed by atoms with Crippen LogP contribution < -0.4 is 4.57 Å². The third kappa shape index (κ3) is 5.38. The minimum Gasteiger partial charge on any atom is -0.235 e. The van der Waals surface area contributed by atoms with Crippen molar-refractivity contribution < 1.29 is 4.57 Å². The van der Waals surface area contributed by atoms with Gasteiger partial charge in [-0.15, -0.1) is 0 Å². The van der Waals surface area contributed by atoms with Crippen LogP contribution in [-0.4, -0.2) is 4.57 Å². The first kappa shape index (κ1) is 16.3. The highest BCUT2D eigenvalue weighted by Gasteiger charge is 2.17. The number of nitrogens with zero attached hydrogens (tertiary/aromatic N) is 2. The van der Waals surface area contributed by atoms with Gasteiger partial charge in [0, 0.05) is 6.42 Å². The van der Waals surface area contributed by atoms with Crippen LogP contribution in [-0.2, 0) is 13.0 Å². The van der Waals surface area contributed by atoms with E-state index in [1.807, 2.05) is 0 Å². The number of hydrogen-bond donors (Lipinski definition) is 0. The lowest BCUT2D eigenvalue weighted by atomic mass is 10.1. The molecule has 1 aromatic heterocycles. The van der Waals surface area contributed by atoms with E-state index in [2.05, 4.69) is 49.2 Å². The average molecular weight is 265 g/mol. The number of rotatable bonds is 10. The molecule has 0 unspecified atom stereocenters. The lowest BCUT2D eigenvalue weighted by Gasteiger charge is -2.07. The SMILES string of the molecule is CCCCCCCCCc1n(C(C)C)cc[n+]1CC. The van der Waals surface area contributed by atoms with Crippen LogP contribution >= 0.6 is 0 Å². The zero-order chi connectivity index (χ0) is 14.1. The van der Waals surface area contributed by atoms with Crippen LogP contribution in [0.2, 0.25) is 0 Å². The molecular weight excluding hydrogens is 232 g/mol. The Kier molecular flexibility index (Phi) is 7.85. The molecule has 110 valence electrons. The summed E-state index contributed by atoms with van der Waals surface area (Å²) in [6, 6.07) is 0.576. The molecule has 1 aromatic rings. The van der Waals surface area contributed by atoms with Crippen LogP contribution in [0.3, 0.4) is 0 Å². The van der Waals surface area contributed by atoms with Gasteiger partial charge in [0.25, 0.3) is 5.82 Å². The molecule has 2 nitrogen and oxygen atoms in total. The van der Waals surface area contributed by atoms with Gasteiger partial charge in [0.2, 0.25) is 0 Å². The molecule has 0 bridgehead atoms. The van der Waals surface area contributed by atoms with Crippen molar-refractivity contribution in [1.82, 2.24) is 4.57 Å². The Morgan fingerprint density at radius 2 is 1.63 bits per heavy atom. The van der Waals surface area contributed by atoms with Gasteiger partial charge in [-0.05, 0) is 27.2 Å². The van der Waals surface area contributed by atoms with Crippen LogP contribution in [0.15, 0.2) is 12.4 Å². The van der Waals surface area contributed by atoms with Crippen molar-refractivity contribution in [2.45, 2.75) is 91.6 Å². The maximum Gasteiger partial charge on any atom is 0.256 e. The lowest BCUT2D eigenvalue weighted by Crippen LogP contribution is -2.36. The largest absolute Gasteiger partial charge is 0.256 e. The molecule has 1 heterocycles. The molecule has 0 saturated heterocycles. The molecule has 0 N–H and O–H groups in total.